The van der Waals surface area contributed by atoms with Gasteiger partial charge in [-0.1, -0.05) is 41.9 Å². The molecule has 1 saturated heterocycles. The highest BCUT2D eigenvalue weighted by molar-refractivity contribution is 7.99. The van der Waals surface area contributed by atoms with Crippen LogP contribution in [0.5, 0.6) is 0 Å². The van der Waals surface area contributed by atoms with Gasteiger partial charge in [0.05, 0.1) is 10.7 Å². The van der Waals surface area contributed by atoms with E-state index in [1.807, 2.05) is 54.2 Å². The molecule has 0 aromatic heterocycles. The second-order valence-corrected chi connectivity index (χ2v) is 8.77. The Morgan fingerprint density at radius 3 is 2.57 bits per heavy atom. The van der Waals surface area contributed by atoms with Crippen LogP contribution in [0.3, 0.4) is 0 Å². The quantitative estimate of drug-likeness (QED) is 0.673. The molecule has 3 amide bonds. The van der Waals surface area contributed by atoms with E-state index in [9.17, 15) is 9.59 Å². The van der Waals surface area contributed by atoms with E-state index in [1.54, 1.807) is 18.0 Å². The molecule has 1 aliphatic rings. The van der Waals surface area contributed by atoms with Gasteiger partial charge in [-0.25, -0.2) is 4.79 Å². The van der Waals surface area contributed by atoms with Crippen LogP contribution in [0.1, 0.15) is 12.0 Å². The molecular weight excluding hydrogens is 420 g/mol. The van der Waals surface area contributed by atoms with Gasteiger partial charge in [0.2, 0.25) is 5.91 Å². The molecule has 0 aliphatic carbocycles. The van der Waals surface area contributed by atoms with Gasteiger partial charge in [0.1, 0.15) is 0 Å². The van der Waals surface area contributed by atoms with E-state index >= 15 is 0 Å². The van der Waals surface area contributed by atoms with Crippen LogP contribution in [-0.2, 0) is 11.3 Å². The van der Waals surface area contributed by atoms with Crippen molar-refractivity contribution in [1.29, 1.82) is 0 Å². The molecule has 0 unspecified atom stereocenters. The van der Waals surface area contributed by atoms with Crippen molar-refractivity contribution in [2.45, 2.75) is 13.0 Å². The van der Waals surface area contributed by atoms with Crippen LogP contribution in [0.15, 0.2) is 48.5 Å². The third-order valence-corrected chi connectivity index (χ3v) is 6.07. The predicted molar refractivity (Wildman–Crippen MR) is 126 cm³/mol. The van der Waals surface area contributed by atoms with Crippen LogP contribution in [-0.4, -0.2) is 55.0 Å². The summed E-state index contributed by atoms with van der Waals surface area (Å²) in [6, 6.07) is 15.2. The minimum atomic E-state index is -0.209. The number of hydrogen-bond acceptors (Lipinski definition) is 4. The van der Waals surface area contributed by atoms with Gasteiger partial charge in [-0.3, -0.25) is 4.79 Å². The average molecular weight is 447 g/mol. The van der Waals surface area contributed by atoms with Crippen LogP contribution in [0, 0.1) is 0 Å². The molecule has 8 heteroatoms. The molecule has 1 fully saturated rings. The smallest absolute Gasteiger partial charge is 0.317 e. The molecule has 2 aromatic rings. The van der Waals surface area contributed by atoms with Gasteiger partial charge in [0, 0.05) is 56.8 Å². The number of anilines is 2. The largest absolute Gasteiger partial charge is 0.369 e. The highest BCUT2D eigenvalue weighted by Crippen LogP contribution is 2.30. The molecule has 30 heavy (non-hydrogen) atoms. The maximum absolute atomic E-state index is 12.2. The Kier molecular flexibility index (Phi) is 8.28. The lowest BCUT2D eigenvalue weighted by atomic mass is 10.2. The fourth-order valence-electron chi connectivity index (χ4n) is 3.22. The monoisotopic (exact) mass is 446 g/mol. The summed E-state index contributed by atoms with van der Waals surface area (Å²) in [7, 11) is 1.73. The molecule has 0 radical (unpaired) electrons. The summed E-state index contributed by atoms with van der Waals surface area (Å²) in [6.45, 7) is 2.74. The standard InChI is InChI=1S/C22H27ClN4O2S/c1-26(16-17-5-3-2-4-6-17)22(29)24-10-9-21(28)25-18-7-8-20(19(23)15-18)27-11-13-30-14-12-27/h2-8,15H,9-14,16H2,1H3,(H,24,29)(H,25,28). The zero-order valence-corrected chi connectivity index (χ0v) is 18.6. The Labute approximate surface area is 187 Å². The first-order chi connectivity index (χ1) is 14.5. The van der Waals surface area contributed by atoms with E-state index in [-0.39, 0.29) is 24.9 Å². The number of halogens is 1. The van der Waals surface area contributed by atoms with Crippen molar-refractivity contribution in [2.24, 2.45) is 0 Å². The molecule has 2 aromatic carbocycles. The van der Waals surface area contributed by atoms with Crippen molar-refractivity contribution in [3.8, 4) is 0 Å². The molecular formula is C22H27ClN4O2S. The number of nitrogens with zero attached hydrogens (tertiary/aromatic N) is 2. The van der Waals surface area contributed by atoms with Crippen LogP contribution < -0.4 is 15.5 Å². The summed E-state index contributed by atoms with van der Waals surface area (Å²) in [6.07, 6.45) is 0.188. The third kappa shape index (κ3) is 6.57. The summed E-state index contributed by atoms with van der Waals surface area (Å²) >= 11 is 8.38. The first-order valence-electron chi connectivity index (χ1n) is 9.98. The van der Waals surface area contributed by atoms with Gasteiger partial charge in [-0.2, -0.15) is 11.8 Å². The zero-order valence-electron chi connectivity index (χ0n) is 17.1. The lowest BCUT2D eigenvalue weighted by Crippen LogP contribution is -2.38. The number of amides is 3. The van der Waals surface area contributed by atoms with Gasteiger partial charge < -0.3 is 20.4 Å². The maximum Gasteiger partial charge on any atom is 0.317 e. The van der Waals surface area contributed by atoms with Crippen molar-refractivity contribution < 1.29 is 9.59 Å². The number of carbonyl (C=O) groups excluding carboxylic acids is 2. The van der Waals surface area contributed by atoms with Gasteiger partial charge >= 0.3 is 6.03 Å². The molecule has 2 N–H and O–H groups in total. The molecule has 0 atom stereocenters. The Hall–Kier alpha value is -2.38. The normalized spacial score (nSPS) is 13.6. The number of carbonyl (C=O) groups is 2. The average Bonchev–Trinajstić information content (AvgIpc) is 2.75. The topological polar surface area (TPSA) is 64.7 Å². The predicted octanol–water partition coefficient (Wildman–Crippen LogP) is 4.06. The van der Waals surface area contributed by atoms with Crippen LogP contribution >= 0.6 is 23.4 Å². The molecule has 0 saturated carbocycles. The van der Waals surface area contributed by atoms with Crippen LogP contribution in [0.25, 0.3) is 0 Å². The van der Waals surface area contributed by atoms with E-state index in [4.69, 9.17) is 11.6 Å². The van der Waals surface area contributed by atoms with E-state index in [0.717, 1.165) is 35.8 Å². The van der Waals surface area contributed by atoms with Crippen molar-refractivity contribution in [3.05, 3.63) is 59.1 Å². The second-order valence-electron chi connectivity index (χ2n) is 7.14. The number of nitrogens with one attached hydrogen (secondary N) is 2. The molecule has 1 heterocycles. The molecule has 0 spiro atoms. The molecule has 1 aliphatic heterocycles. The van der Waals surface area contributed by atoms with Gasteiger partial charge in [0.15, 0.2) is 0 Å². The van der Waals surface area contributed by atoms with Gasteiger partial charge in [-0.05, 0) is 23.8 Å². The van der Waals surface area contributed by atoms with Crippen molar-refractivity contribution in [1.82, 2.24) is 10.2 Å². The number of thioether (sulfide) groups is 1. The third-order valence-electron chi connectivity index (χ3n) is 4.82. The molecule has 6 nitrogen and oxygen atoms in total. The second kappa shape index (κ2) is 11.1. The van der Waals surface area contributed by atoms with E-state index in [2.05, 4.69) is 15.5 Å². The maximum atomic E-state index is 12.2. The number of benzene rings is 2. The Morgan fingerprint density at radius 2 is 1.87 bits per heavy atom. The van der Waals surface area contributed by atoms with Crippen molar-refractivity contribution in [2.75, 3.05) is 48.4 Å². The number of rotatable bonds is 7. The fraction of sp³-hybridized carbons (Fsp3) is 0.364. The first-order valence-corrected chi connectivity index (χ1v) is 11.5. The highest BCUT2D eigenvalue weighted by Gasteiger charge is 2.15. The number of urea groups is 1. The summed E-state index contributed by atoms with van der Waals surface area (Å²) in [5.74, 6) is 2.03. The van der Waals surface area contributed by atoms with Crippen molar-refractivity contribution in [3.63, 3.8) is 0 Å². The van der Waals surface area contributed by atoms with E-state index in [0.29, 0.717) is 17.3 Å². The highest BCUT2D eigenvalue weighted by atomic mass is 35.5. The number of hydrogen-bond donors (Lipinski definition) is 2. The zero-order chi connectivity index (χ0) is 21.3. The van der Waals surface area contributed by atoms with E-state index < -0.39 is 0 Å². The summed E-state index contributed by atoms with van der Waals surface area (Å²) in [4.78, 5) is 28.3. The van der Waals surface area contributed by atoms with E-state index in [1.165, 1.54) is 0 Å². The SMILES string of the molecule is CN(Cc1ccccc1)C(=O)NCCC(=O)Nc1ccc(N2CCSCC2)c(Cl)c1. The summed E-state index contributed by atoms with van der Waals surface area (Å²) in [5, 5.41) is 6.25. The molecule has 160 valence electrons. The molecule has 0 bridgehead atoms. The van der Waals surface area contributed by atoms with Crippen LogP contribution in [0.4, 0.5) is 16.2 Å². The lowest BCUT2D eigenvalue weighted by Gasteiger charge is -2.29. The van der Waals surface area contributed by atoms with Crippen LogP contribution in [0.2, 0.25) is 5.02 Å². The fourth-order valence-corrected chi connectivity index (χ4v) is 4.42. The van der Waals surface area contributed by atoms with Crippen molar-refractivity contribution >= 4 is 46.7 Å². The summed E-state index contributed by atoms with van der Waals surface area (Å²) in [5.41, 5.74) is 2.72. The van der Waals surface area contributed by atoms with Gasteiger partial charge in [0.25, 0.3) is 0 Å². The summed E-state index contributed by atoms with van der Waals surface area (Å²) < 4.78 is 0. The Morgan fingerprint density at radius 1 is 1.13 bits per heavy atom. The minimum Gasteiger partial charge on any atom is -0.369 e. The first kappa shape index (κ1) is 22.3. The Balaban J connectivity index is 1.42. The minimum absolute atomic E-state index is 0.167. The lowest BCUT2D eigenvalue weighted by molar-refractivity contribution is -0.116. The van der Waals surface area contributed by atoms with Gasteiger partial charge in [-0.15, -0.1) is 0 Å². The molecule has 3 rings (SSSR count). The Bertz CT molecular complexity index is 859.